The van der Waals surface area contributed by atoms with Crippen molar-refractivity contribution in [1.29, 1.82) is 0 Å². The van der Waals surface area contributed by atoms with E-state index in [0.29, 0.717) is 22.7 Å². The fraction of sp³-hybridized carbons (Fsp3) is 0.538. The Kier molecular flexibility index (Phi) is 16.2. The molecular formula is C52H62F2N4O13. The Morgan fingerprint density at radius 1 is 0.930 bits per heavy atom. The SMILES string of the molecule is CC(NC(=O)CCCCC(=O)ON1C(=O)CCC1=O)C(=O)N[C@@H](C)C(=O)Nc1cccc(Cc2ccc(C3OC[C@@H](C[C@H]4[C@@H]5C[C@H](F)C6=CC(=O)C=CC6(C)[C@@]5(F)C(O)CC4(C)CC(=O)CO)O3)cc2)c1. The van der Waals surface area contributed by atoms with E-state index in [1.54, 1.807) is 25.1 Å². The van der Waals surface area contributed by atoms with Crippen molar-refractivity contribution in [1.82, 2.24) is 15.7 Å². The number of halogens is 2. The summed E-state index contributed by atoms with van der Waals surface area (Å²) in [7, 11) is 0. The summed E-state index contributed by atoms with van der Waals surface area (Å²) in [4.78, 5) is 103. The van der Waals surface area contributed by atoms with Crippen LogP contribution in [-0.2, 0) is 59.1 Å². The molecule has 2 heterocycles. The van der Waals surface area contributed by atoms with Gasteiger partial charge in [0.25, 0.3) is 11.8 Å². The number of alkyl halides is 2. The highest BCUT2D eigenvalue weighted by Gasteiger charge is 2.70. The number of nitrogens with one attached hydrogen (secondary N) is 3. The van der Waals surface area contributed by atoms with Gasteiger partial charge in [-0.15, -0.1) is 5.06 Å². The van der Waals surface area contributed by atoms with E-state index in [-0.39, 0.29) is 76.4 Å². The number of nitrogens with zero attached hydrogens (tertiary/aromatic N) is 1. The standard InChI is InChI=1S/C52H62F2N4O13/c1-29(55-43(63)10-5-6-11-46(66)71-58-44(64)16-17-45(58)65)47(67)56-30(2)48(68)57-34-9-7-8-32(21-34)20-31-12-14-33(15-13-31)49-69-28-37(70-49)23-38-39-24-41(53)40-22-35(60)18-19-51(40,4)52(39,54)42(62)26-50(38,3)25-36(61)27-59/h7-9,12-15,18-19,21-22,29-30,37-39,41-42,49,59,62H,5-6,10-11,16-17,20,23-28H2,1-4H3,(H,55,63)(H,56,67)(H,57,68)/t29?,30-,37+,38-,39-,41-,42?,49?,50?,51?,52-/m0/s1. The minimum atomic E-state index is -2.36. The molecule has 71 heavy (non-hydrogen) atoms. The summed E-state index contributed by atoms with van der Waals surface area (Å²) in [6.45, 7) is 5.66. The molecule has 5 amide bonds. The maximum atomic E-state index is 17.9. The fourth-order valence-electron chi connectivity index (χ4n) is 11.0. The zero-order valence-electron chi connectivity index (χ0n) is 40.3. The van der Waals surface area contributed by atoms with Crippen molar-refractivity contribution in [2.75, 3.05) is 18.5 Å². The van der Waals surface area contributed by atoms with Crippen LogP contribution in [0.15, 0.2) is 72.3 Å². The summed E-state index contributed by atoms with van der Waals surface area (Å²) < 4.78 is 46.4. The second-order valence-electron chi connectivity index (χ2n) is 20.0. The zero-order chi connectivity index (χ0) is 51.4. The van der Waals surface area contributed by atoms with Gasteiger partial charge in [-0.05, 0) is 112 Å². The van der Waals surface area contributed by atoms with E-state index in [2.05, 4.69) is 16.0 Å². The van der Waals surface area contributed by atoms with Crippen LogP contribution in [0.25, 0.3) is 0 Å². The molecule has 17 nitrogen and oxygen atoms in total. The van der Waals surface area contributed by atoms with Gasteiger partial charge in [-0.1, -0.05) is 49.4 Å². The molecule has 0 spiro atoms. The van der Waals surface area contributed by atoms with Crippen molar-refractivity contribution < 1.29 is 71.7 Å². The third-order valence-electron chi connectivity index (χ3n) is 14.8. The van der Waals surface area contributed by atoms with Gasteiger partial charge in [0.2, 0.25) is 17.7 Å². The van der Waals surface area contributed by atoms with Crippen molar-refractivity contribution in [3.63, 3.8) is 0 Å². The first-order valence-corrected chi connectivity index (χ1v) is 24.1. The third kappa shape index (κ3) is 11.5. The molecule has 4 fully saturated rings. The Labute approximate surface area is 410 Å². The number of carbonyl (C=O) groups is 8. The van der Waals surface area contributed by atoms with E-state index < -0.39 is 119 Å². The highest BCUT2D eigenvalue weighted by Crippen LogP contribution is 2.66. The monoisotopic (exact) mass is 988 g/mol. The molecule has 7 rings (SSSR count). The highest BCUT2D eigenvalue weighted by atomic mass is 19.1. The first-order chi connectivity index (χ1) is 33.6. The maximum Gasteiger partial charge on any atom is 0.333 e. The van der Waals surface area contributed by atoms with Crippen LogP contribution >= 0.6 is 0 Å². The summed E-state index contributed by atoms with van der Waals surface area (Å²) in [6.07, 6.45) is -0.405. The average molecular weight is 989 g/mol. The molecule has 0 aromatic heterocycles. The molecule has 2 aromatic carbocycles. The van der Waals surface area contributed by atoms with Crippen LogP contribution in [0.2, 0.25) is 0 Å². The molecule has 382 valence electrons. The van der Waals surface area contributed by atoms with Gasteiger partial charge < -0.3 is 40.5 Å². The number of aliphatic hydroxyl groups excluding tert-OH is 2. The van der Waals surface area contributed by atoms with E-state index in [0.717, 1.165) is 17.2 Å². The van der Waals surface area contributed by atoms with Crippen LogP contribution in [0.1, 0.15) is 115 Å². The molecule has 2 aliphatic heterocycles. The Morgan fingerprint density at radius 3 is 2.32 bits per heavy atom. The number of rotatable bonds is 19. The number of Topliss-reactive ketones (excluding diaryl/α,β-unsaturated/α-hetero) is 1. The van der Waals surface area contributed by atoms with Gasteiger partial charge >= 0.3 is 5.97 Å². The van der Waals surface area contributed by atoms with Crippen LogP contribution in [0.4, 0.5) is 14.5 Å². The number of hydrogen-bond acceptors (Lipinski definition) is 13. The number of hydrogen-bond donors (Lipinski definition) is 5. The molecule has 11 atom stereocenters. The van der Waals surface area contributed by atoms with Crippen molar-refractivity contribution in [3.05, 3.63) is 89.0 Å². The largest absolute Gasteiger partial charge is 0.390 e. The van der Waals surface area contributed by atoms with Crippen molar-refractivity contribution >= 4 is 52.8 Å². The summed E-state index contributed by atoms with van der Waals surface area (Å²) in [5.74, 6) is -6.11. The average Bonchev–Trinajstić information content (AvgIpc) is 3.93. The Bertz CT molecular complexity index is 2470. The number of imide groups is 1. The fourth-order valence-corrected chi connectivity index (χ4v) is 11.0. The van der Waals surface area contributed by atoms with Gasteiger partial charge in [-0.25, -0.2) is 13.6 Å². The lowest BCUT2D eigenvalue weighted by Gasteiger charge is -2.63. The molecule has 19 heteroatoms. The molecule has 3 aliphatic carbocycles. The van der Waals surface area contributed by atoms with Gasteiger partial charge in [0.05, 0.1) is 18.8 Å². The van der Waals surface area contributed by atoms with Crippen LogP contribution in [0.5, 0.6) is 0 Å². The lowest BCUT2D eigenvalue weighted by atomic mass is 9.44. The molecule has 2 saturated heterocycles. The molecule has 0 radical (unpaired) electrons. The smallest absolute Gasteiger partial charge is 0.333 e. The lowest BCUT2D eigenvalue weighted by Crippen LogP contribution is -2.68. The number of unbranched alkanes of at least 4 members (excludes halogenated alkanes) is 1. The number of ether oxygens (including phenoxy) is 2. The summed E-state index contributed by atoms with van der Waals surface area (Å²) in [6, 6.07) is 12.8. The van der Waals surface area contributed by atoms with Crippen LogP contribution in [-0.4, -0.2) is 112 Å². The third-order valence-corrected chi connectivity index (χ3v) is 14.8. The number of carbonyl (C=O) groups excluding carboxylic acids is 8. The molecule has 2 aromatic rings. The van der Waals surface area contributed by atoms with Crippen molar-refractivity contribution in [2.24, 2.45) is 22.7 Å². The number of fused-ring (bicyclic) bond motifs is 3. The Morgan fingerprint density at radius 2 is 1.62 bits per heavy atom. The summed E-state index contributed by atoms with van der Waals surface area (Å²) >= 11 is 0. The van der Waals surface area contributed by atoms with Gasteiger partial charge in [0.15, 0.2) is 23.5 Å². The first-order valence-electron chi connectivity index (χ1n) is 24.1. The highest BCUT2D eigenvalue weighted by molar-refractivity contribution is 6.02. The molecule has 2 saturated carbocycles. The number of aliphatic hydroxyl groups is 2. The first kappa shape index (κ1) is 52.8. The molecule has 5 N–H and O–H groups in total. The zero-order valence-corrected chi connectivity index (χ0v) is 40.3. The van der Waals surface area contributed by atoms with E-state index in [1.807, 2.05) is 30.3 Å². The molecule has 5 unspecified atom stereocenters. The summed E-state index contributed by atoms with van der Waals surface area (Å²) in [5, 5.41) is 29.7. The lowest BCUT2D eigenvalue weighted by molar-refractivity contribution is -0.209. The normalized spacial score (nSPS) is 29.9. The number of ketones is 2. The number of anilines is 1. The molecular weight excluding hydrogens is 927 g/mol. The minimum Gasteiger partial charge on any atom is -0.390 e. The number of allylic oxidation sites excluding steroid dienone is 4. The number of hydroxylamine groups is 2. The van der Waals surface area contributed by atoms with Crippen molar-refractivity contribution in [3.8, 4) is 0 Å². The Balaban J connectivity index is 0.886. The van der Waals surface area contributed by atoms with Crippen LogP contribution < -0.4 is 16.0 Å². The topological polar surface area (TPSA) is 244 Å². The van der Waals surface area contributed by atoms with E-state index >= 15 is 8.78 Å². The summed E-state index contributed by atoms with van der Waals surface area (Å²) in [5.41, 5.74) is -1.97. The van der Waals surface area contributed by atoms with Gasteiger partial charge in [0, 0.05) is 54.7 Å². The molecule has 0 bridgehead atoms. The minimum absolute atomic E-state index is 0.00108. The van der Waals surface area contributed by atoms with Crippen LogP contribution in [0.3, 0.4) is 0 Å². The van der Waals surface area contributed by atoms with Crippen molar-refractivity contribution in [2.45, 2.75) is 141 Å². The van der Waals surface area contributed by atoms with Gasteiger partial charge in [-0.2, -0.15) is 0 Å². The number of benzene rings is 2. The second kappa shape index (κ2) is 21.8. The number of amides is 5. The molecule has 5 aliphatic rings. The predicted molar refractivity (Wildman–Crippen MR) is 249 cm³/mol. The van der Waals surface area contributed by atoms with Gasteiger partial charge in [-0.3, -0.25) is 33.6 Å². The quantitative estimate of drug-likeness (QED) is 0.0951. The second-order valence-corrected chi connectivity index (χ2v) is 20.0. The van der Waals surface area contributed by atoms with Gasteiger partial charge in [0.1, 0.15) is 24.9 Å². The Hall–Kier alpha value is -6.02. The van der Waals surface area contributed by atoms with E-state index in [9.17, 15) is 48.6 Å². The predicted octanol–water partition coefficient (Wildman–Crippen LogP) is 4.67. The maximum absolute atomic E-state index is 17.9. The van der Waals surface area contributed by atoms with Crippen LogP contribution in [0, 0.1) is 22.7 Å². The van der Waals surface area contributed by atoms with E-state index in [4.69, 9.17) is 14.3 Å². The van der Waals surface area contributed by atoms with E-state index in [1.165, 1.54) is 32.9 Å².